The second kappa shape index (κ2) is 5.95. The van der Waals surface area contributed by atoms with Crippen molar-refractivity contribution < 1.29 is 9.59 Å². The van der Waals surface area contributed by atoms with Gasteiger partial charge in [0, 0.05) is 13.1 Å². The van der Waals surface area contributed by atoms with Crippen molar-refractivity contribution in [3.05, 3.63) is 0 Å². The van der Waals surface area contributed by atoms with E-state index in [1.165, 1.54) is 0 Å². The summed E-state index contributed by atoms with van der Waals surface area (Å²) in [4.78, 5) is 29.2. The molecular formula is C16H29N3O2. The molecular weight excluding hydrogens is 266 g/mol. The standard InChI is InChI=1S/C16H29N3O2/c1-6-18-8-7-12(9-18)10-19-11(2)14(20)17-13(15(19)21)16(3,4)5/h11-13H,6-10H2,1-5H3,(H,17,20). The molecule has 0 radical (unpaired) electrons. The minimum absolute atomic E-state index is 0.0279. The monoisotopic (exact) mass is 295 g/mol. The largest absolute Gasteiger partial charge is 0.342 e. The number of nitrogens with one attached hydrogen (secondary N) is 1. The number of likely N-dealkylation sites (tertiary alicyclic amines) is 1. The Bertz CT molecular complexity index is 416. The van der Waals surface area contributed by atoms with E-state index in [0.29, 0.717) is 12.5 Å². The smallest absolute Gasteiger partial charge is 0.246 e. The number of hydrogen-bond donors (Lipinski definition) is 1. The van der Waals surface area contributed by atoms with Crippen molar-refractivity contribution in [2.45, 2.75) is 53.1 Å². The maximum absolute atomic E-state index is 12.8. The Morgan fingerprint density at radius 2 is 1.95 bits per heavy atom. The summed E-state index contributed by atoms with van der Waals surface area (Å²) >= 11 is 0. The summed E-state index contributed by atoms with van der Waals surface area (Å²) in [6.07, 6.45) is 1.12. The molecule has 2 heterocycles. The second-order valence-electron chi connectivity index (χ2n) is 7.52. The quantitative estimate of drug-likeness (QED) is 0.848. The number of hydrogen-bond acceptors (Lipinski definition) is 3. The average Bonchev–Trinajstić information content (AvgIpc) is 2.85. The lowest BCUT2D eigenvalue weighted by molar-refractivity contribution is -0.152. The normalized spacial score (nSPS) is 31.7. The summed E-state index contributed by atoms with van der Waals surface area (Å²) in [6, 6.07) is -0.767. The average molecular weight is 295 g/mol. The molecule has 2 amide bonds. The van der Waals surface area contributed by atoms with E-state index < -0.39 is 6.04 Å². The molecule has 120 valence electrons. The van der Waals surface area contributed by atoms with E-state index in [2.05, 4.69) is 17.1 Å². The van der Waals surface area contributed by atoms with E-state index in [-0.39, 0.29) is 23.3 Å². The summed E-state index contributed by atoms with van der Waals surface area (Å²) < 4.78 is 0. The molecule has 5 nitrogen and oxygen atoms in total. The maximum atomic E-state index is 12.8. The van der Waals surface area contributed by atoms with Gasteiger partial charge < -0.3 is 15.1 Å². The zero-order chi connectivity index (χ0) is 15.8. The van der Waals surface area contributed by atoms with Crippen LogP contribution in [0, 0.1) is 11.3 Å². The molecule has 1 N–H and O–H groups in total. The molecule has 2 fully saturated rings. The molecule has 2 aliphatic rings. The minimum Gasteiger partial charge on any atom is -0.342 e. The molecule has 0 aromatic carbocycles. The van der Waals surface area contributed by atoms with Crippen molar-refractivity contribution in [3.63, 3.8) is 0 Å². The lowest BCUT2D eigenvalue weighted by Crippen LogP contribution is -2.66. The van der Waals surface area contributed by atoms with Gasteiger partial charge in [-0.25, -0.2) is 0 Å². The van der Waals surface area contributed by atoms with Gasteiger partial charge in [-0.2, -0.15) is 0 Å². The Hall–Kier alpha value is -1.10. The van der Waals surface area contributed by atoms with Crippen LogP contribution in [0.25, 0.3) is 0 Å². The fraction of sp³-hybridized carbons (Fsp3) is 0.875. The third-order valence-electron chi connectivity index (χ3n) is 4.80. The van der Waals surface area contributed by atoms with Crippen molar-refractivity contribution in [3.8, 4) is 0 Å². The SMILES string of the molecule is CCN1CCC(CN2C(=O)C(C(C)(C)C)NC(=O)C2C)C1. The van der Waals surface area contributed by atoms with Crippen LogP contribution >= 0.6 is 0 Å². The van der Waals surface area contributed by atoms with Crippen LogP contribution < -0.4 is 5.32 Å². The topological polar surface area (TPSA) is 52.6 Å². The zero-order valence-electron chi connectivity index (χ0n) is 14.0. The predicted octanol–water partition coefficient (Wildman–Crippen LogP) is 1.09. The van der Waals surface area contributed by atoms with Crippen LogP contribution in [0.1, 0.15) is 41.0 Å². The zero-order valence-corrected chi connectivity index (χ0v) is 14.0. The van der Waals surface area contributed by atoms with Crippen LogP contribution in [0.4, 0.5) is 0 Å². The van der Waals surface area contributed by atoms with Crippen LogP contribution in [-0.4, -0.2) is 59.9 Å². The molecule has 0 saturated carbocycles. The van der Waals surface area contributed by atoms with E-state index >= 15 is 0 Å². The predicted molar refractivity (Wildman–Crippen MR) is 82.8 cm³/mol. The Morgan fingerprint density at radius 3 is 2.48 bits per heavy atom. The number of rotatable bonds is 3. The molecule has 0 aromatic rings. The lowest BCUT2D eigenvalue weighted by Gasteiger charge is -2.43. The summed E-state index contributed by atoms with van der Waals surface area (Å²) in [6.45, 7) is 13.9. The fourth-order valence-electron chi connectivity index (χ4n) is 3.29. The summed E-state index contributed by atoms with van der Waals surface area (Å²) in [7, 11) is 0. The molecule has 0 aliphatic carbocycles. The summed E-state index contributed by atoms with van der Waals surface area (Å²) in [5.41, 5.74) is -0.254. The first-order valence-corrected chi connectivity index (χ1v) is 8.07. The van der Waals surface area contributed by atoms with Crippen LogP contribution in [0.15, 0.2) is 0 Å². The van der Waals surface area contributed by atoms with Gasteiger partial charge in [0.2, 0.25) is 11.8 Å². The van der Waals surface area contributed by atoms with E-state index in [1.807, 2.05) is 27.7 Å². The molecule has 0 bridgehead atoms. The van der Waals surface area contributed by atoms with E-state index in [1.54, 1.807) is 4.90 Å². The first-order valence-electron chi connectivity index (χ1n) is 8.07. The van der Waals surface area contributed by atoms with Gasteiger partial charge in [-0.15, -0.1) is 0 Å². The van der Waals surface area contributed by atoms with Crippen molar-refractivity contribution >= 4 is 11.8 Å². The van der Waals surface area contributed by atoms with Crippen LogP contribution in [0.5, 0.6) is 0 Å². The first-order chi connectivity index (χ1) is 9.74. The van der Waals surface area contributed by atoms with Gasteiger partial charge in [-0.3, -0.25) is 9.59 Å². The lowest BCUT2D eigenvalue weighted by atomic mass is 9.83. The molecule has 0 spiro atoms. The third-order valence-corrected chi connectivity index (χ3v) is 4.80. The number of piperazine rings is 1. The van der Waals surface area contributed by atoms with Gasteiger partial charge in [0.15, 0.2) is 0 Å². The Morgan fingerprint density at radius 1 is 1.29 bits per heavy atom. The van der Waals surface area contributed by atoms with Gasteiger partial charge in [-0.1, -0.05) is 27.7 Å². The van der Waals surface area contributed by atoms with Gasteiger partial charge in [0.1, 0.15) is 12.1 Å². The van der Waals surface area contributed by atoms with Gasteiger partial charge in [-0.05, 0) is 37.8 Å². The highest BCUT2D eigenvalue weighted by Crippen LogP contribution is 2.27. The highest BCUT2D eigenvalue weighted by molar-refractivity contribution is 5.97. The van der Waals surface area contributed by atoms with E-state index in [4.69, 9.17) is 0 Å². The minimum atomic E-state index is -0.412. The Kier molecular flexibility index (Phi) is 4.61. The molecule has 0 aromatic heterocycles. The maximum Gasteiger partial charge on any atom is 0.246 e. The van der Waals surface area contributed by atoms with Crippen LogP contribution in [-0.2, 0) is 9.59 Å². The van der Waals surface area contributed by atoms with E-state index in [0.717, 1.165) is 26.1 Å². The molecule has 3 unspecified atom stereocenters. The Labute approximate surface area is 128 Å². The number of amides is 2. The molecule has 21 heavy (non-hydrogen) atoms. The molecule has 2 aliphatic heterocycles. The van der Waals surface area contributed by atoms with Gasteiger partial charge >= 0.3 is 0 Å². The first kappa shape index (κ1) is 16.3. The highest BCUT2D eigenvalue weighted by Gasteiger charge is 2.44. The van der Waals surface area contributed by atoms with Crippen LogP contribution in [0.2, 0.25) is 0 Å². The molecule has 5 heteroatoms. The second-order valence-corrected chi connectivity index (χ2v) is 7.52. The van der Waals surface area contributed by atoms with E-state index in [9.17, 15) is 9.59 Å². The molecule has 2 rings (SSSR count). The van der Waals surface area contributed by atoms with Crippen LogP contribution in [0.3, 0.4) is 0 Å². The third kappa shape index (κ3) is 3.39. The van der Waals surface area contributed by atoms with Crippen molar-refractivity contribution in [2.24, 2.45) is 11.3 Å². The summed E-state index contributed by atoms with van der Waals surface area (Å²) in [5.74, 6) is 0.535. The molecule has 3 atom stereocenters. The Balaban J connectivity index is 2.09. The van der Waals surface area contributed by atoms with Gasteiger partial charge in [0.25, 0.3) is 0 Å². The summed E-state index contributed by atoms with van der Waals surface area (Å²) in [5, 5.41) is 2.89. The molecule has 2 saturated heterocycles. The van der Waals surface area contributed by atoms with Crippen molar-refractivity contribution in [1.29, 1.82) is 0 Å². The van der Waals surface area contributed by atoms with Crippen molar-refractivity contribution in [1.82, 2.24) is 15.1 Å². The highest BCUT2D eigenvalue weighted by atomic mass is 16.2. The number of carbonyl (C=O) groups is 2. The number of nitrogens with zero attached hydrogens (tertiary/aromatic N) is 2. The fourth-order valence-corrected chi connectivity index (χ4v) is 3.29. The number of carbonyl (C=O) groups excluding carboxylic acids is 2. The van der Waals surface area contributed by atoms with Gasteiger partial charge in [0.05, 0.1) is 0 Å². The van der Waals surface area contributed by atoms with Crippen molar-refractivity contribution in [2.75, 3.05) is 26.2 Å².